The average Bonchev–Trinajstić information content (AvgIpc) is 3.10. The molecule has 0 N–H and O–H groups in total. The van der Waals surface area contributed by atoms with Gasteiger partial charge in [-0.05, 0) is 18.4 Å². The molecule has 23 heavy (non-hydrogen) atoms. The van der Waals surface area contributed by atoms with Gasteiger partial charge < -0.3 is 4.74 Å². The number of rotatable bonds is 4. The number of likely N-dealkylation sites (tertiary alicyclic amines) is 1. The normalized spacial score (nSPS) is 17.0. The van der Waals surface area contributed by atoms with E-state index in [4.69, 9.17) is 4.74 Å². The van der Waals surface area contributed by atoms with Gasteiger partial charge in [-0.3, -0.25) is 9.69 Å². The van der Waals surface area contributed by atoms with Crippen LogP contribution in [-0.4, -0.2) is 29.4 Å². The zero-order chi connectivity index (χ0) is 16.1. The summed E-state index contributed by atoms with van der Waals surface area (Å²) in [6.07, 6.45) is 1.10. The Labute approximate surface area is 135 Å². The first-order chi connectivity index (χ1) is 11.3. The lowest BCUT2D eigenvalue weighted by atomic mass is 10.0. The maximum Gasteiger partial charge on any atom is 0.410 e. The molecule has 2 aromatic rings. The van der Waals surface area contributed by atoms with Crippen LogP contribution in [0.4, 0.5) is 4.79 Å². The van der Waals surface area contributed by atoms with E-state index in [1.165, 1.54) is 0 Å². The Morgan fingerprint density at radius 2 is 1.65 bits per heavy atom. The topological polar surface area (TPSA) is 46.6 Å². The van der Waals surface area contributed by atoms with Gasteiger partial charge in [0.2, 0.25) is 0 Å². The first-order valence-electron chi connectivity index (χ1n) is 7.82. The summed E-state index contributed by atoms with van der Waals surface area (Å²) in [6, 6.07) is 18.2. The van der Waals surface area contributed by atoms with Crippen LogP contribution in [0.1, 0.15) is 28.8 Å². The lowest BCUT2D eigenvalue weighted by Gasteiger charge is -2.23. The van der Waals surface area contributed by atoms with Crippen molar-refractivity contribution in [1.82, 2.24) is 4.90 Å². The minimum atomic E-state index is -0.416. The first kappa shape index (κ1) is 15.3. The van der Waals surface area contributed by atoms with Gasteiger partial charge in [0.1, 0.15) is 6.61 Å². The highest BCUT2D eigenvalue weighted by Crippen LogP contribution is 2.22. The molecule has 3 rings (SSSR count). The molecule has 0 saturated carbocycles. The molecule has 4 heteroatoms. The van der Waals surface area contributed by atoms with E-state index in [0.717, 1.165) is 12.0 Å². The van der Waals surface area contributed by atoms with Crippen molar-refractivity contribution >= 4 is 11.9 Å². The molecule has 0 aliphatic carbocycles. The average molecular weight is 309 g/mol. The third kappa shape index (κ3) is 3.59. The Morgan fingerprint density at radius 1 is 1.00 bits per heavy atom. The lowest BCUT2D eigenvalue weighted by molar-refractivity contribution is 0.0738. The third-order valence-corrected chi connectivity index (χ3v) is 4.05. The number of Topliss-reactive ketones (excluding diaryl/α,β-unsaturated/α-hetero) is 1. The van der Waals surface area contributed by atoms with E-state index in [0.29, 0.717) is 18.5 Å². The van der Waals surface area contributed by atoms with Gasteiger partial charge in [-0.2, -0.15) is 0 Å². The SMILES string of the molecule is O=C(c1ccccc1)[C@H]1CCCN1C(=O)OCc1ccccc1. The molecule has 1 aliphatic heterocycles. The van der Waals surface area contributed by atoms with Crippen LogP contribution in [0.2, 0.25) is 0 Å². The van der Waals surface area contributed by atoms with Crippen LogP contribution in [0, 0.1) is 0 Å². The molecule has 1 aliphatic rings. The van der Waals surface area contributed by atoms with Gasteiger partial charge in [0.15, 0.2) is 5.78 Å². The fourth-order valence-electron chi connectivity index (χ4n) is 2.85. The fraction of sp³-hybridized carbons (Fsp3) is 0.263. The highest BCUT2D eigenvalue weighted by molar-refractivity contribution is 6.01. The Kier molecular flexibility index (Phi) is 4.71. The zero-order valence-electron chi connectivity index (χ0n) is 12.9. The number of benzene rings is 2. The van der Waals surface area contributed by atoms with Crippen molar-refractivity contribution in [2.24, 2.45) is 0 Å². The fourth-order valence-corrected chi connectivity index (χ4v) is 2.85. The van der Waals surface area contributed by atoms with Crippen LogP contribution in [0.5, 0.6) is 0 Å². The van der Waals surface area contributed by atoms with E-state index < -0.39 is 12.1 Å². The standard InChI is InChI=1S/C19H19NO3/c21-18(16-10-5-2-6-11-16)17-12-7-13-20(17)19(22)23-14-15-8-3-1-4-9-15/h1-6,8-11,17H,7,12-14H2/t17-/m1/s1. The number of ether oxygens (including phenoxy) is 1. The van der Waals surface area contributed by atoms with Crippen LogP contribution in [0.3, 0.4) is 0 Å². The highest BCUT2D eigenvalue weighted by atomic mass is 16.6. The molecule has 0 unspecified atom stereocenters. The predicted octanol–water partition coefficient (Wildman–Crippen LogP) is 3.67. The largest absolute Gasteiger partial charge is 0.445 e. The summed E-state index contributed by atoms with van der Waals surface area (Å²) in [5.74, 6) is -0.0141. The molecule has 1 heterocycles. The van der Waals surface area contributed by atoms with Gasteiger partial charge in [-0.1, -0.05) is 60.7 Å². The predicted molar refractivity (Wildman–Crippen MR) is 87.1 cm³/mol. The summed E-state index contributed by atoms with van der Waals surface area (Å²) in [5, 5.41) is 0. The maximum absolute atomic E-state index is 12.6. The molecular weight excluding hydrogens is 290 g/mol. The Bertz CT molecular complexity index is 670. The van der Waals surface area contributed by atoms with E-state index in [1.54, 1.807) is 17.0 Å². The van der Waals surface area contributed by atoms with Crippen LogP contribution in [-0.2, 0) is 11.3 Å². The van der Waals surface area contributed by atoms with Crippen molar-refractivity contribution in [3.05, 3.63) is 71.8 Å². The van der Waals surface area contributed by atoms with Gasteiger partial charge >= 0.3 is 6.09 Å². The zero-order valence-corrected chi connectivity index (χ0v) is 12.9. The van der Waals surface area contributed by atoms with Gasteiger partial charge in [-0.15, -0.1) is 0 Å². The van der Waals surface area contributed by atoms with E-state index in [-0.39, 0.29) is 12.4 Å². The number of carbonyl (C=O) groups excluding carboxylic acids is 2. The number of carbonyl (C=O) groups is 2. The van der Waals surface area contributed by atoms with Crippen molar-refractivity contribution in [3.63, 3.8) is 0 Å². The summed E-state index contributed by atoms with van der Waals surface area (Å²) < 4.78 is 5.36. The molecular formula is C19H19NO3. The van der Waals surface area contributed by atoms with Crippen molar-refractivity contribution in [2.75, 3.05) is 6.54 Å². The summed E-state index contributed by atoms with van der Waals surface area (Å²) in [7, 11) is 0. The van der Waals surface area contributed by atoms with Crippen molar-refractivity contribution in [1.29, 1.82) is 0 Å². The number of amides is 1. The summed E-state index contributed by atoms with van der Waals surface area (Å²) in [4.78, 5) is 26.5. The third-order valence-electron chi connectivity index (χ3n) is 4.05. The minimum absolute atomic E-state index is 0.0141. The maximum atomic E-state index is 12.6. The number of hydrogen-bond donors (Lipinski definition) is 0. The van der Waals surface area contributed by atoms with E-state index in [9.17, 15) is 9.59 Å². The molecule has 1 amide bonds. The second-order valence-electron chi connectivity index (χ2n) is 5.62. The summed E-state index contributed by atoms with van der Waals surface area (Å²) >= 11 is 0. The Hall–Kier alpha value is -2.62. The number of nitrogens with zero attached hydrogens (tertiary/aromatic N) is 1. The first-order valence-corrected chi connectivity index (χ1v) is 7.82. The van der Waals surface area contributed by atoms with Crippen molar-refractivity contribution < 1.29 is 14.3 Å². The van der Waals surface area contributed by atoms with Gasteiger partial charge in [0, 0.05) is 12.1 Å². The second-order valence-corrected chi connectivity index (χ2v) is 5.62. The monoisotopic (exact) mass is 309 g/mol. The molecule has 0 spiro atoms. The number of ketones is 1. The highest BCUT2D eigenvalue weighted by Gasteiger charge is 2.35. The number of hydrogen-bond acceptors (Lipinski definition) is 3. The molecule has 118 valence electrons. The van der Waals surface area contributed by atoms with Crippen LogP contribution >= 0.6 is 0 Å². The Balaban J connectivity index is 1.64. The van der Waals surface area contributed by atoms with Crippen molar-refractivity contribution in [2.45, 2.75) is 25.5 Å². The van der Waals surface area contributed by atoms with E-state index in [1.807, 2.05) is 48.5 Å². The molecule has 1 saturated heterocycles. The summed E-state index contributed by atoms with van der Waals surface area (Å²) in [5.41, 5.74) is 1.58. The minimum Gasteiger partial charge on any atom is -0.445 e. The van der Waals surface area contributed by atoms with Crippen LogP contribution in [0.25, 0.3) is 0 Å². The molecule has 0 aromatic heterocycles. The molecule has 1 atom stereocenters. The molecule has 4 nitrogen and oxygen atoms in total. The van der Waals surface area contributed by atoms with Crippen molar-refractivity contribution in [3.8, 4) is 0 Å². The van der Waals surface area contributed by atoms with Gasteiger partial charge in [0.25, 0.3) is 0 Å². The summed E-state index contributed by atoms with van der Waals surface area (Å²) in [6.45, 7) is 0.791. The van der Waals surface area contributed by atoms with Crippen LogP contribution in [0.15, 0.2) is 60.7 Å². The molecule has 2 aromatic carbocycles. The van der Waals surface area contributed by atoms with E-state index >= 15 is 0 Å². The van der Waals surface area contributed by atoms with E-state index in [2.05, 4.69) is 0 Å². The molecule has 1 fully saturated rings. The van der Waals surface area contributed by atoms with Crippen LogP contribution < -0.4 is 0 Å². The second kappa shape index (κ2) is 7.09. The quantitative estimate of drug-likeness (QED) is 0.810. The Morgan fingerprint density at radius 3 is 2.35 bits per heavy atom. The molecule has 0 radical (unpaired) electrons. The lowest BCUT2D eigenvalue weighted by Crippen LogP contribution is -2.40. The van der Waals surface area contributed by atoms with Gasteiger partial charge in [0.05, 0.1) is 6.04 Å². The smallest absolute Gasteiger partial charge is 0.410 e. The van der Waals surface area contributed by atoms with Gasteiger partial charge in [-0.25, -0.2) is 4.79 Å². The molecule has 0 bridgehead atoms.